The predicted octanol–water partition coefficient (Wildman–Crippen LogP) is 9.21. The van der Waals surface area contributed by atoms with Gasteiger partial charge in [-0.1, -0.05) is 43.2 Å². The largest absolute Gasteiger partial charge is 0.469 e. The number of esters is 1. The molecular formula is C48H54ClN7O8S. The van der Waals surface area contributed by atoms with Gasteiger partial charge in [0, 0.05) is 73.7 Å². The van der Waals surface area contributed by atoms with Crippen LogP contribution in [0.4, 0.5) is 17.1 Å². The lowest BCUT2D eigenvalue weighted by Crippen LogP contribution is -2.47. The number of amides is 1. The molecule has 0 atom stereocenters. The lowest BCUT2D eigenvalue weighted by atomic mass is 9.72. The number of methoxy groups -OCH3 is 1. The van der Waals surface area contributed by atoms with Crippen LogP contribution in [0, 0.1) is 27.4 Å². The van der Waals surface area contributed by atoms with Gasteiger partial charge in [-0.15, -0.1) is 0 Å². The molecule has 1 saturated heterocycles. The maximum Gasteiger partial charge on any atom is 0.308 e. The van der Waals surface area contributed by atoms with Crippen molar-refractivity contribution in [1.82, 2.24) is 19.6 Å². The number of rotatable bonds is 14. The summed E-state index contributed by atoms with van der Waals surface area (Å²) in [6, 6.07) is 20.3. The highest BCUT2D eigenvalue weighted by atomic mass is 35.5. The molecular weight excluding hydrogens is 870 g/mol. The molecule has 1 aliphatic heterocycles. The Bertz CT molecular complexity index is 2720. The van der Waals surface area contributed by atoms with E-state index in [-0.39, 0.29) is 40.2 Å². The highest BCUT2D eigenvalue weighted by Gasteiger charge is 2.31. The van der Waals surface area contributed by atoms with E-state index in [1.165, 1.54) is 48.2 Å². The Morgan fingerprint density at radius 1 is 0.985 bits per heavy atom. The molecule has 0 spiro atoms. The Balaban J connectivity index is 0.980. The van der Waals surface area contributed by atoms with Gasteiger partial charge >= 0.3 is 5.97 Å². The van der Waals surface area contributed by atoms with Crippen molar-refractivity contribution in [2.45, 2.75) is 63.7 Å². The van der Waals surface area contributed by atoms with Crippen molar-refractivity contribution in [1.29, 1.82) is 0 Å². The number of carbonyl (C=O) groups is 2. The van der Waals surface area contributed by atoms with Crippen molar-refractivity contribution in [2.24, 2.45) is 17.3 Å². The molecule has 2 aliphatic carbocycles. The predicted molar refractivity (Wildman–Crippen MR) is 251 cm³/mol. The number of carbonyl (C=O) groups excluding carboxylic acids is 2. The first kappa shape index (κ1) is 45.6. The normalized spacial score (nSPS) is 19.2. The number of nitro groups is 1. The molecule has 342 valence electrons. The number of nitro benzene ring substituents is 1. The monoisotopic (exact) mass is 923 g/mol. The molecule has 17 heteroatoms. The number of hydrogen-bond donors (Lipinski definition) is 3. The number of benzene rings is 3. The van der Waals surface area contributed by atoms with Gasteiger partial charge in [0.05, 0.1) is 34.6 Å². The Morgan fingerprint density at radius 3 is 2.46 bits per heavy atom. The van der Waals surface area contributed by atoms with Gasteiger partial charge in [0.2, 0.25) is 0 Å². The van der Waals surface area contributed by atoms with Crippen LogP contribution in [-0.4, -0.2) is 86.5 Å². The summed E-state index contributed by atoms with van der Waals surface area (Å²) in [4.78, 5) is 49.2. The fourth-order valence-electron chi connectivity index (χ4n) is 9.22. The summed E-state index contributed by atoms with van der Waals surface area (Å²) in [5.41, 5.74) is 5.39. The molecule has 3 aromatic carbocycles. The van der Waals surface area contributed by atoms with Gasteiger partial charge in [0.15, 0.2) is 0 Å². The second-order valence-electron chi connectivity index (χ2n) is 18.1. The minimum absolute atomic E-state index is 0.0540. The number of allylic oxidation sites excluding steroid dienone is 1. The summed E-state index contributed by atoms with van der Waals surface area (Å²) in [5, 5.41) is 16.8. The van der Waals surface area contributed by atoms with Crippen LogP contribution in [0.3, 0.4) is 0 Å². The number of sulfonamides is 1. The van der Waals surface area contributed by atoms with Crippen LogP contribution in [0.25, 0.3) is 16.6 Å². The van der Waals surface area contributed by atoms with Crippen molar-refractivity contribution in [3.63, 3.8) is 0 Å². The molecule has 3 aliphatic rings. The molecule has 1 amide bonds. The minimum atomic E-state index is -4.60. The summed E-state index contributed by atoms with van der Waals surface area (Å²) in [7, 11) is -3.22. The zero-order chi connectivity index (χ0) is 45.9. The Kier molecular flexibility index (Phi) is 13.5. The quantitative estimate of drug-likeness (QED) is 0.0545. The first-order chi connectivity index (χ1) is 31.1. The lowest BCUT2D eigenvalue weighted by Gasteiger charge is -2.39. The number of nitrogens with zero attached hydrogens (tertiary/aromatic N) is 4. The number of nitrogens with one attached hydrogen (secondary N) is 3. The number of aromatic amines is 1. The number of hydrogen-bond acceptors (Lipinski definition) is 12. The van der Waals surface area contributed by atoms with Crippen LogP contribution >= 0.6 is 11.6 Å². The number of piperazine rings is 1. The number of ether oxygens (including phenoxy) is 2. The molecule has 8 rings (SSSR count). The molecule has 0 bridgehead atoms. The third kappa shape index (κ3) is 10.8. The molecule has 65 heavy (non-hydrogen) atoms. The van der Waals surface area contributed by atoms with E-state index in [4.69, 9.17) is 21.1 Å². The van der Waals surface area contributed by atoms with Crippen LogP contribution in [-0.2, 0) is 19.6 Å². The summed E-state index contributed by atoms with van der Waals surface area (Å²) >= 11 is 6.24. The average molecular weight is 925 g/mol. The Labute approximate surface area is 383 Å². The highest BCUT2D eigenvalue weighted by Crippen LogP contribution is 2.44. The summed E-state index contributed by atoms with van der Waals surface area (Å²) in [5.74, 6) is -0.740. The second-order valence-corrected chi connectivity index (χ2v) is 20.2. The molecule has 15 nitrogen and oxygen atoms in total. The molecule has 1 saturated carbocycles. The molecule has 3 N–H and O–H groups in total. The van der Waals surface area contributed by atoms with Gasteiger partial charge in [-0.3, -0.25) is 24.6 Å². The van der Waals surface area contributed by atoms with Crippen molar-refractivity contribution in [2.75, 3.05) is 56.6 Å². The minimum Gasteiger partial charge on any atom is -0.469 e. The Hall–Kier alpha value is -5.97. The van der Waals surface area contributed by atoms with Crippen LogP contribution in [0.15, 0.2) is 95.7 Å². The maximum absolute atomic E-state index is 14.0. The van der Waals surface area contributed by atoms with E-state index in [0.29, 0.717) is 43.9 Å². The van der Waals surface area contributed by atoms with Gasteiger partial charge < -0.3 is 24.7 Å². The van der Waals surface area contributed by atoms with Gasteiger partial charge in [0.25, 0.3) is 21.6 Å². The van der Waals surface area contributed by atoms with E-state index >= 15 is 0 Å². The fraction of sp³-hybridized carbons (Fsp3) is 0.396. The van der Waals surface area contributed by atoms with E-state index < -0.39 is 31.4 Å². The second kappa shape index (κ2) is 19.2. The van der Waals surface area contributed by atoms with E-state index in [1.807, 2.05) is 18.2 Å². The fourth-order valence-corrected chi connectivity index (χ4v) is 10.3. The SMILES string of the molecule is COC(=O)[C@H]1CC[C@H](CNc2ccc(S(=O)(=O)NC(=O)c3ccc(N4CCN(CC5=C(c6ccc(Cl)cc6)CC(C)(C)CC5)CC4)cc3Oc3cnc4[nH]ccc4c3)cc2[N+](=O)[O-])CC1. The summed E-state index contributed by atoms with van der Waals surface area (Å²) in [6.45, 7) is 8.98. The summed E-state index contributed by atoms with van der Waals surface area (Å²) < 4.78 is 40.8. The van der Waals surface area contributed by atoms with E-state index in [9.17, 15) is 28.1 Å². The number of H-pyrrole nitrogens is 1. The van der Waals surface area contributed by atoms with Crippen LogP contribution in [0.5, 0.6) is 11.5 Å². The third-order valence-electron chi connectivity index (χ3n) is 13.0. The average Bonchev–Trinajstić information content (AvgIpc) is 3.77. The molecule has 5 aromatic rings. The van der Waals surface area contributed by atoms with E-state index in [1.54, 1.807) is 24.4 Å². The zero-order valence-electron chi connectivity index (χ0n) is 36.8. The standard InChI is InChI=1S/C48H54ClN7O8S/c1-48(2)18-16-35(41(27-48)32-8-10-36(49)11-9-32)30-54-20-22-55(23-21-54)37-12-14-40(44(25-37)64-38-24-34-17-19-50-45(34)52-29-38)46(57)53-65(61,62)39-13-15-42(43(26-39)56(59)60)51-28-31-4-6-33(7-5-31)47(58)63-3/h8-15,17,19,24-26,29,31,33,51H,4-7,16,18,20-23,27-28,30H2,1-3H3,(H,50,52)(H,53,57)/t31-,33-. The maximum atomic E-state index is 14.0. The highest BCUT2D eigenvalue weighted by molar-refractivity contribution is 7.90. The van der Waals surface area contributed by atoms with Crippen LogP contribution in [0.1, 0.15) is 74.7 Å². The van der Waals surface area contributed by atoms with E-state index in [0.717, 1.165) is 73.9 Å². The lowest BCUT2D eigenvalue weighted by molar-refractivity contribution is -0.384. The van der Waals surface area contributed by atoms with Crippen LogP contribution < -0.4 is 19.7 Å². The smallest absolute Gasteiger partial charge is 0.308 e. The summed E-state index contributed by atoms with van der Waals surface area (Å²) in [6.07, 6.45) is 9.25. The van der Waals surface area contributed by atoms with Gasteiger partial charge in [-0.25, -0.2) is 18.1 Å². The van der Waals surface area contributed by atoms with Gasteiger partial charge in [0.1, 0.15) is 22.8 Å². The number of pyridine rings is 1. The van der Waals surface area contributed by atoms with Crippen molar-refractivity contribution < 1.29 is 32.4 Å². The third-order valence-corrected chi connectivity index (χ3v) is 14.6. The molecule has 0 unspecified atom stereocenters. The molecule has 2 aromatic heterocycles. The molecule has 2 fully saturated rings. The van der Waals surface area contributed by atoms with Crippen molar-refractivity contribution in [3.8, 4) is 11.5 Å². The van der Waals surface area contributed by atoms with Crippen molar-refractivity contribution in [3.05, 3.63) is 117 Å². The molecule has 0 radical (unpaired) electrons. The Morgan fingerprint density at radius 2 is 1.74 bits per heavy atom. The number of anilines is 2. The van der Waals surface area contributed by atoms with Gasteiger partial charge in [-0.05, 0) is 116 Å². The topological polar surface area (TPSA) is 189 Å². The van der Waals surface area contributed by atoms with E-state index in [2.05, 4.69) is 55.8 Å². The number of halogens is 1. The van der Waals surface area contributed by atoms with Gasteiger partial charge in [-0.2, -0.15) is 0 Å². The number of fused-ring (bicyclic) bond motifs is 1. The first-order valence-corrected chi connectivity index (χ1v) is 23.9. The zero-order valence-corrected chi connectivity index (χ0v) is 38.3. The number of aromatic nitrogens is 2. The first-order valence-electron chi connectivity index (χ1n) is 22.0. The molecule has 3 heterocycles. The van der Waals surface area contributed by atoms with Crippen molar-refractivity contribution >= 4 is 67.2 Å². The van der Waals surface area contributed by atoms with Crippen LogP contribution in [0.2, 0.25) is 5.02 Å².